The van der Waals surface area contributed by atoms with Gasteiger partial charge in [-0.3, -0.25) is 9.59 Å². The molecule has 2 aromatic rings. The van der Waals surface area contributed by atoms with Crippen LogP contribution in [0.4, 0.5) is 10.5 Å². The van der Waals surface area contributed by atoms with Gasteiger partial charge in [0.15, 0.2) is 0 Å². The lowest BCUT2D eigenvalue weighted by Gasteiger charge is -2.29. The SMILES string of the molecule is CC(C)(C)OC(N)=O.N#C/C(=C\c1ccc2cc(N3CCCCC3)ccc2c1)C(=O)NCCOCCOC(=O)CCO. The van der Waals surface area contributed by atoms with E-state index in [9.17, 15) is 19.6 Å². The Morgan fingerprint density at radius 3 is 2.36 bits per heavy atom. The number of nitriles is 1. The van der Waals surface area contributed by atoms with E-state index in [4.69, 9.17) is 20.3 Å². The molecule has 1 aliphatic rings. The third-order valence-corrected chi connectivity index (χ3v) is 5.99. The highest BCUT2D eigenvalue weighted by Crippen LogP contribution is 2.26. The van der Waals surface area contributed by atoms with Crippen LogP contribution in [0.15, 0.2) is 42.0 Å². The van der Waals surface area contributed by atoms with Gasteiger partial charge in [0.2, 0.25) is 0 Å². The number of hydrogen-bond acceptors (Lipinski definition) is 9. The van der Waals surface area contributed by atoms with Crippen molar-refractivity contribution in [3.8, 4) is 6.07 Å². The molecule has 1 fully saturated rings. The van der Waals surface area contributed by atoms with Crippen molar-refractivity contribution in [3.63, 3.8) is 0 Å². The van der Waals surface area contributed by atoms with Gasteiger partial charge < -0.3 is 35.3 Å². The minimum Gasteiger partial charge on any atom is -0.463 e. The molecule has 1 saturated heterocycles. The van der Waals surface area contributed by atoms with Crippen LogP contribution in [-0.4, -0.2) is 74.7 Å². The van der Waals surface area contributed by atoms with Crippen LogP contribution in [0.2, 0.25) is 0 Å². The molecule has 3 rings (SSSR count). The first-order valence-electron chi connectivity index (χ1n) is 14.0. The van der Waals surface area contributed by atoms with Crippen LogP contribution < -0.4 is 16.0 Å². The van der Waals surface area contributed by atoms with Crippen LogP contribution >= 0.6 is 0 Å². The summed E-state index contributed by atoms with van der Waals surface area (Å²) < 4.78 is 14.7. The van der Waals surface area contributed by atoms with E-state index < -0.39 is 23.6 Å². The van der Waals surface area contributed by atoms with Gasteiger partial charge >= 0.3 is 12.1 Å². The minimum atomic E-state index is -0.725. The van der Waals surface area contributed by atoms with Crippen LogP contribution in [-0.2, 0) is 23.8 Å². The second-order valence-electron chi connectivity index (χ2n) is 10.6. The number of amides is 2. The zero-order valence-corrected chi connectivity index (χ0v) is 24.7. The standard InChI is InChI=1S/C26H31N3O5.C5H11NO2/c27-19-23(26(32)28-9-13-33-14-15-34-25(31)8-12-30)17-20-4-5-22-18-24(7-6-21(22)16-20)29-10-2-1-3-11-29;1-5(2,3)8-4(6)7/h4-7,16-18,30H,1-3,8-15H2,(H,28,32);1-3H3,(H2,6,7)/b23-17+;. The number of carbonyl (C=O) groups is 3. The highest BCUT2D eigenvalue weighted by Gasteiger charge is 2.13. The Morgan fingerprint density at radius 1 is 1.05 bits per heavy atom. The average molecular weight is 583 g/mol. The van der Waals surface area contributed by atoms with Gasteiger partial charge in [0.05, 0.1) is 26.2 Å². The molecule has 0 unspecified atom stereocenters. The number of nitrogens with zero attached hydrogens (tertiary/aromatic N) is 2. The highest BCUT2D eigenvalue weighted by molar-refractivity contribution is 6.02. The molecule has 42 heavy (non-hydrogen) atoms. The molecule has 1 aliphatic heterocycles. The fourth-order valence-corrected chi connectivity index (χ4v) is 4.12. The predicted molar refractivity (Wildman–Crippen MR) is 161 cm³/mol. The monoisotopic (exact) mass is 582 g/mol. The number of rotatable bonds is 11. The first kappa shape index (κ1) is 34.1. The maximum Gasteiger partial charge on any atom is 0.405 e. The molecule has 0 aromatic heterocycles. The molecule has 0 aliphatic carbocycles. The Kier molecular flexibility index (Phi) is 14.3. The predicted octanol–water partition coefficient (Wildman–Crippen LogP) is 3.68. The summed E-state index contributed by atoms with van der Waals surface area (Å²) in [6, 6.07) is 14.3. The van der Waals surface area contributed by atoms with E-state index in [2.05, 4.69) is 33.2 Å². The molecule has 2 aromatic carbocycles. The van der Waals surface area contributed by atoms with Gasteiger partial charge in [0.25, 0.3) is 5.91 Å². The molecule has 0 spiro atoms. The number of aliphatic hydroxyl groups is 1. The number of nitrogens with two attached hydrogens (primary N) is 1. The maximum atomic E-state index is 12.4. The van der Waals surface area contributed by atoms with Crippen molar-refractivity contribution in [1.82, 2.24) is 5.32 Å². The first-order valence-corrected chi connectivity index (χ1v) is 14.0. The van der Waals surface area contributed by atoms with E-state index in [-0.39, 0.29) is 45.0 Å². The van der Waals surface area contributed by atoms with Crippen LogP contribution in [0.3, 0.4) is 0 Å². The molecule has 0 atom stereocenters. The summed E-state index contributed by atoms with van der Waals surface area (Å²) in [4.78, 5) is 35.9. The number of aliphatic hydroxyl groups excluding tert-OH is 1. The van der Waals surface area contributed by atoms with Crippen molar-refractivity contribution >= 4 is 40.5 Å². The van der Waals surface area contributed by atoms with Gasteiger partial charge in [0.1, 0.15) is 23.9 Å². The molecule has 228 valence electrons. The maximum absolute atomic E-state index is 12.4. The third kappa shape index (κ3) is 13.0. The molecule has 4 N–H and O–H groups in total. The number of fused-ring (bicyclic) bond motifs is 1. The van der Waals surface area contributed by atoms with Gasteiger partial charge in [-0.25, -0.2) is 4.79 Å². The van der Waals surface area contributed by atoms with Crippen molar-refractivity contribution in [1.29, 1.82) is 5.26 Å². The fourth-order valence-electron chi connectivity index (χ4n) is 4.12. The Balaban J connectivity index is 0.000000675. The number of nitrogens with one attached hydrogen (secondary N) is 1. The summed E-state index contributed by atoms with van der Waals surface area (Å²) >= 11 is 0. The molecule has 1 heterocycles. The number of piperidine rings is 1. The van der Waals surface area contributed by atoms with E-state index in [1.807, 2.05) is 24.3 Å². The van der Waals surface area contributed by atoms with Crippen LogP contribution in [0, 0.1) is 11.3 Å². The molecule has 11 nitrogen and oxygen atoms in total. The Hall–Kier alpha value is -4.14. The van der Waals surface area contributed by atoms with E-state index in [1.54, 1.807) is 26.8 Å². The smallest absolute Gasteiger partial charge is 0.405 e. The highest BCUT2D eigenvalue weighted by atomic mass is 16.6. The van der Waals surface area contributed by atoms with Crippen molar-refractivity contribution in [3.05, 3.63) is 47.5 Å². The molecule has 0 bridgehead atoms. The molecule has 2 amide bonds. The number of carbonyl (C=O) groups excluding carboxylic acids is 3. The summed E-state index contributed by atoms with van der Waals surface area (Å²) in [6.45, 7) is 7.93. The Labute approximate surface area is 247 Å². The van der Waals surface area contributed by atoms with E-state index in [0.29, 0.717) is 0 Å². The lowest BCUT2D eigenvalue weighted by atomic mass is 10.0. The van der Waals surface area contributed by atoms with Gasteiger partial charge in [-0.1, -0.05) is 18.2 Å². The van der Waals surface area contributed by atoms with Crippen molar-refractivity contribution in [2.45, 2.75) is 52.1 Å². The van der Waals surface area contributed by atoms with E-state index in [1.165, 1.54) is 24.9 Å². The van der Waals surface area contributed by atoms with Crippen LogP contribution in [0.1, 0.15) is 52.0 Å². The normalized spacial score (nSPS) is 13.4. The topological polar surface area (TPSA) is 164 Å². The Morgan fingerprint density at radius 2 is 1.74 bits per heavy atom. The van der Waals surface area contributed by atoms with Crippen LogP contribution in [0.25, 0.3) is 16.8 Å². The number of benzene rings is 2. The molecular weight excluding hydrogens is 540 g/mol. The zero-order chi connectivity index (χ0) is 31.0. The number of anilines is 1. The van der Waals surface area contributed by atoms with Gasteiger partial charge in [-0.15, -0.1) is 0 Å². The van der Waals surface area contributed by atoms with Crippen molar-refractivity contribution in [2.24, 2.45) is 5.73 Å². The molecule has 0 saturated carbocycles. The Bertz CT molecular complexity index is 1260. The molecular formula is C31H42N4O7. The lowest BCUT2D eigenvalue weighted by molar-refractivity contribution is -0.145. The summed E-state index contributed by atoms with van der Waals surface area (Å²) in [5, 5.41) is 22.9. The van der Waals surface area contributed by atoms with Gasteiger partial charge in [-0.05, 0) is 80.6 Å². The zero-order valence-electron chi connectivity index (χ0n) is 24.7. The third-order valence-electron chi connectivity index (χ3n) is 5.99. The number of ether oxygens (including phenoxy) is 3. The summed E-state index contributed by atoms with van der Waals surface area (Å²) in [5.74, 6) is -0.958. The van der Waals surface area contributed by atoms with E-state index in [0.717, 1.165) is 29.4 Å². The van der Waals surface area contributed by atoms with Gasteiger partial charge in [-0.2, -0.15) is 5.26 Å². The molecule has 0 radical (unpaired) electrons. The van der Waals surface area contributed by atoms with Gasteiger partial charge in [0, 0.05) is 25.3 Å². The fraction of sp³-hybridized carbons (Fsp3) is 0.484. The van der Waals surface area contributed by atoms with Crippen molar-refractivity contribution in [2.75, 3.05) is 51.0 Å². The number of primary amides is 1. The summed E-state index contributed by atoms with van der Waals surface area (Å²) in [5.41, 5.74) is 6.30. The quantitative estimate of drug-likeness (QED) is 0.155. The largest absolute Gasteiger partial charge is 0.463 e. The number of esters is 1. The second-order valence-corrected chi connectivity index (χ2v) is 10.6. The van der Waals surface area contributed by atoms with Crippen molar-refractivity contribution < 1.29 is 33.7 Å². The lowest BCUT2D eigenvalue weighted by Crippen LogP contribution is -2.29. The summed E-state index contributed by atoms with van der Waals surface area (Å²) in [6.07, 6.45) is 4.56. The average Bonchev–Trinajstić information content (AvgIpc) is 2.94. The van der Waals surface area contributed by atoms with Crippen LogP contribution in [0.5, 0.6) is 0 Å². The first-order chi connectivity index (χ1) is 20.0. The van der Waals surface area contributed by atoms with E-state index >= 15 is 0 Å². The molecule has 11 heteroatoms. The minimum absolute atomic E-state index is 0.0159. The summed E-state index contributed by atoms with van der Waals surface area (Å²) in [7, 11) is 0. The number of hydrogen-bond donors (Lipinski definition) is 3. The second kappa shape index (κ2) is 17.6.